The van der Waals surface area contributed by atoms with Crippen molar-refractivity contribution in [2.24, 2.45) is 0 Å². The second kappa shape index (κ2) is 9.19. The van der Waals surface area contributed by atoms with Crippen molar-refractivity contribution in [3.63, 3.8) is 0 Å². The smallest absolute Gasteiger partial charge is 0.344 e. The zero-order valence-electron chi connectivity index (χ0n) is 16.6. The zero-order valence-corrected chi connectivity index (χ0v) is 16.6. The van der Waals surface area contributed by atoms with Gasteiger partial charge in [0.25, 0.3) is 0 Å². The number of para-hydroxylation sites is 1. The first kappa shape index (κ1) is 19.6. The summed E-state index contributed by atoms with van der Waals surface area (Å²) in [6.07, 6.45) is 3.42. The molecule has 0 fully saturated rings. The Bertz CT molecular complexity index is 890. The normalized spacial score (nSPS) is 10.9. The van der Waals surface area contributed by atoms with Gasteiger partial charge in [-0.25, -0.2) is 4.79 Å². The Hall–Kier alpha value is -3.12. The quantitative estimate of drug-likeness (QED) is 0.623. The van der Waals surface area contributed by atoms with Crippen LogP contribution >= 0.6 is 0 Å². The van der Waals surface area contributed by atoms with Crippen molar-refractivity contribution in [3.05, 3.63) is 78.1 Å². The third-order valence-electron chi connectivity index (χ3n) is 4.41. The zero-order chi connectivity index (χ0) is 19.9. The predicted molar refractivity (Wildman–Crippen MR) is 110 cm³/mol. The Kier molecular flexibility index (Phi) is 6.45. The molecule has 6 heteroatoms. The summed E-state index contributed by atoms with van der Waals surface area (Å²) in [7, 11) is 3.84. The van der Waals surface area contributed by atoms with Crippen molar-refractivity contribution in [2.45, 2.75) is 13.5 Å². The van der Waals surface area contributed by atoms with Crippen LogP contribution < -0.4 is 4.74 Å². The minimum absolute atomic E-state index is 0.121. The van der Waals surface area contributed by atoms with Crippen LogP contribution in [0, 0.1) is 6.92 Å². The van der Waals surface area contributed by atoms with E-state index in [-0.39, 0.29) is 6.03 Å². The fourth-order valence-electron chi connectivity index (χ4n) is 2.79. The molecule has 0 spiro atoms. The van der Waals surface area contributed by atoms with Gasteiger partial charge in [-0.1, -0.05) is 30.3 Å². The molecule has 0 aliphatic heterocycles. The Balaban J connectivity index is 1.46. The first-order valence-corrected chi connectivity index (χ1v) is 9.28. The van der Waals surface area contributed by atoms with Gasteiger partial charge in [-0.15, -0.1) is 0 Å². The number of amides is 1. The van der Waals surface area contributed by atoms with Gasteiger partial charge in [0.1, 0.15) is 11.5 Å². The van der Waals surface area contributed by atoms with E-state index in [1.54, 1.807) is 24.3 Å². The molecule has 0 unspecified atom stereocenters. The van der Waals surface area contributed by atoms with Gasteiger partial charge < -0.3 is 14.5 Å². The highest BCUT2D eigenvalue weighted by molar-refractivity contribution is 5.75. The molecule has 3 aromatic rings. The average molecular weight is 378 g/mol. The maximum Gasteiger partial charge on any atom is 0.344 e. The SMILES string of the molecule is Cc1cnn(C(=O)N(C)CCN(C)Cc2ccc(Oc3ccccc3)cc2)c1. The topological polar surface area (TPSA) is 50.6 Å². The largest absolute Gasteiger partial charge is 0.457 e. The molecule has 146 valence electrons. The van der Waals surface area contributed by atoms with E-state index in [0.717, 1.165) is 30.2 Å². The van der Waals surface area contributed by atoms with Crippen LogP contribution in [0.4, 0.5) is 4.79 Å². The highest BCUT2D eigenvalue weighted by Crippen LogP contribution is 2.21. The van der Waals surface area contributed by atoms with Crippen molar-refractivity contribution in [2.75, 3.05) is 27.2 Å². The monoisotopic (exact) mass is 378 g/mol. The van der Waals surface area contributed by atoms with Gasteiger partial charge in [-0.05, 0) is 49.4 Å². The number of aromatic nitrogens is 2. The maximum absolute atomic E-state index is 12.3. The van der Waals surface area contributed by atoms with E-state index in [2.05, 4.69) is 22.1 Å². The lowest BCUT2D eigenvalue weighted by Crippen LogP contribution is -2.37. The lowest BCUT2D eigenvalue weighted by Gasteiger charge is -2.22. The van der Waals surface area contributed by atoms with Crippen LogP contribution in [0.25, 0.3) is 0 Å². The van der Waals surface area contributed by atoms with Crippen molar-refractivity contribution < 1.29 is 9.53 Å². The molecule has 0 bridgehead atoms. The highest BCUT2D eigenvalue weighted by Gasteiger charge is 2.12. The Morgan fingerprint density at radius 2 is 1.68 bits per heavy atom. The minimum Gasteiger partial charge on any atom is -0.457 e. The first-order valence-electron chi connectivity index (χ1n) is 9.28. The summed E-state index contributed by atoms with van der Waals surface area (Å²) in [5, 5.41) is 4.07. The molecule has 0 N–H and O–H groups in total. The van der Waals surface area contributed by atoms with Crippen molar-refractivity contribution in [1.29, 1.82) is 0 Å². The molecular weight excluding hydrogens is 352 g/mol. The van der Waals surface area contributed by atoms with Gasteiger partial charge in [-0.3, -0.25) is 0 Å². The second-order valence-corrected chi connectivity index (χ2v) is 6.96. The predicted octanol–water partition coefficient (Wildman–Crippen LogP) is 4.02. The molecule has 0 saturated carbocycles. The molecule has 28 heavy (non-hydrogen) atoms. The standard InChI is InChI=1S/C22H26N4O2/c1-18-15-23-26(16-18)22(27)25(3)14-13-24(2)17-19-9-11-21(12-10-19)28-20-7-5-4-6-8-20/h4-12,15-16H,13-14,17H2,1-3H3. The first-order chi connectivity index (χ1) is 13.5. The van der Waals surface area contributed by atoms with Gasteiger partial charge in [0, 0.05) is 32.9 Å². The lowest BCUT2D eigenvalue weighted by molar-refractivity contribution is 0.198. The number of aryl methyl sites for hydroxylation is 1. The number of benzene rings is 2. The van der Waals surface area contributed by atoms with E-state index in [4.69, 9.17) is 4.74 Å². The van der Waals surface area contributed by atoms with E-state index in [9.17, 15) is 4.79 Å². The molecule has 1 amide bonds. The molecule has 0 radical (unpaired) electrons. The molecule has 0 atom stereocenters. The Morgan fingerprint density at radius 3 is 2.32 bits per heavy atom. The molecule has 2 aromatic carbocycles. The summed E-state index contributed by atoms with van der Waals surface area (Å²) in [6.45, 7) is 4.11. The summed E-state index contributed by atoms with van der Waals surface area (Å²) in [4.78, 5) is 16.2. The van der Waals surface area contributed by atoms with Crippen molar-refractivity contribution >= 4 is 6.03 Å². The molecule has 1 aromatic heterocycles. The summed E-state index contributed by atoms with van der Waals surface area (Å²) >= 11 is 0. The number of ether oxygens (including phenoxy) is 1. The number of nitrogens with zero attached hydrogens (tertiary/aromatic N) is 4. The molecular formula is C22H26N4O2. The van der Waals surface area contributed by atoms with Gasteiger partial charge in [-0.2, -0.15) is 9.78 Å². The van der Waals surface area contributed by atoms with Crippen molar-refractivity contribution in [3.8, 4) is 11.5 Å². The van der Waals surface area contributed by atoms with Crippen LogP contribution in [0.5, 0.6) is 11.5 Å². The third kappa shape index (κ3) is 5.44. The number of hydrogen-bond donors (Lipinski definition) is 0. The number of carbonyl (C=O) groups excluding carboxylic acids is 1. The van der Waals surface area contributed by atoms with Gasteiger partial charge in [0.05, 0.1) is 6.20 Å². The highest BCUT2D eigenvalue weighted by atomic mass is 16.5. The molecule has 6 nitrogen and oxygen atoms in total. The minimum atomic E-state index is -0.121. The molecule has 0 aliphatic rings. The van der Waals surface area contributed by atoms with Gasteiger partial charge in [0.2, 0.25) is 0 Å². The van der Waals surface area contributed by atoms with E-state index in [0.29, 0.717) is 6.54 Å². The van der Waals surface area contributed by atoms with E-state index < -0.39 is 0 Å². The van der Waals surface area contributed by atoms with Crippen LogP contribution in [0.3, 0.4) is 0 Å². The average Bonchev–Trinajstić information content (AvgIpc) is 3.14. The van der Waals surface area contributed by atoms with Crippen LogP contribution in [-0.2, 0) is 6.54 Å². The fourth-order valence-corrected chi connectivity index (χ4v) is 2.79. The molecule has 1 heterocycles. The number of rotatable bonds is 7. The third-order valence-corrected chi connectivity index (χ3v) is 4.41. The molecule has 0 saturated heterocycles. The summed E-state index contributed by atoms with van der Waals surface area (Å²) in [6, 6.07) is 17.7. The maximum atomic E-state index is 12.3. The van der Waals surface area contributed by atoms with Gasteiger partial charge in [0.15, 0.2) is 0 Å². The van der Waals surface area contributed by atoms with Crippen molar-refractivity contribution in [1.82, 2.24) is 19.6 Å². The Labute approximate surface area is 166 Å². The van der Waals surface area contributed by atoms with Crippen LogP contribution in [0.1, 0.15) is 11.1 Å². The van der Waals surface area contributed by atoms with E-state index >= 15 is 0 Å². The summed E-state index contributed by atoms with van der Waals surface area (Å²) in [5.74, 6) is 1.64. The Morgan fingerprint density at radius 1 is 1.00 bits per heavy atom. The number of carbonyl (C=O) groups is 1. The van der Waals surface area contributed by atoms with Crippen LogP contribution in [0.2, 0.25) is 0 Å². The van der Waals surface area contributed by atoms with Gasteiger partial charge >= 0.3 is 6.03 Å². The second-order valence-electron chi connectivity index (χ2n) is 6.96. The van der Waals surface area contributed by atoms with Crippen LogP contribution in [0.15, 0.2) is 67.0 Å². The van der Waals surface area contributed by atoms with E-state index in [1.807, 2.05) is 56.4 Å². The number of likely N-dealkylation sites (N-methyl/N-ethyl adjacent to an activating group) is 2. The van der Waals surface area contributed by atoms with E-state index in [1.165, 1.54) is 10.2 Å². The molecule has 0 aliphatic carbocycles. The molecule has 3 rings (SSSR count). The fraction of sp³-hybridized carbons (Fsp3) is 0.273. The number of hydrogen-bond acceptors (Lipinski definition) is 4. The lowest BCUT2D eigenvalue weighted by atomic mass is 10.2. The summed E-state index contributed by atoms with van der Waals surface area (Å²) in [5.41, 5.74) is 2.16. The summed E-state index contributed by atoms with van der Waals surface area (Å²) < 4.78 is 7.20. The van der Waals surface area contributed by atoms with Crippen LogP contribution in [-0.4, -0.2) is 52.8 Å².